The SMILES string of the molecule is CCN[C@@H](Cc1ccc(C)cc1)C(=O)C1CCCCC1. The second kappa shape index (κ2) is 7.58. The summed E-state index contributed by atoms with van der Waals surface area (Å²) in [6.07, 6.45) is 6.75. The number of hydrogen-bond acceptors (Lipinski definition) is 2. The molecule has 0 aliphatic heterocycles. The predicted molar refractivity (Wildman–Crippen MR) is 83.9 cm³/mol. The number of carbonyl (C=O) groups excluding carboxylic acids is 1. The van der Waals surface area contributed by atoms with Crippen molar-refractivity contribution in [3.8, 4) is 0 Å². The Morgan fingerprint density at radius 2 is 1.85 bits per heavy atom. The van der Waals surface area contributed by atoms with Gasteiger partial charge in [0.15, 0.2) is 5.78 Å². The zero-order valence-corrected chi connectivity index (χ0v) is 12.8. The van der Waals surface area contributed by atoms with E-state index in [0.717, 1.165) is 25.8 Å². The Morgan fingerprint density at radius 3 is 2.45 bits per heavy atom. The van der Waals surface area contributed by atoms with Gasteiger partial charge in [-0.2, -0.15) is 0 Å². The fraction of sp³-hybridized carbons (Fsp3) is 0.611. The average Bonchev–Trinajstić information content (AvgIpc) is 2.49. The zero-order valence-electron chi connectivity index (χ0n) is 12.8. The van der Waals surface area contributed by atoms with E-state index in [2.05, 4.69) is 43.4 Å². The van der Waals surface area contributed by atoms with Gasteiger partial charge in [0, 0.05) is 5.92 Å². The van der Waals surface area contributed by atoms with E-state index in [1.807, 2.05) is 0 Å². The molecule has 1 aliphatic carbocycles. The molecule has 2 rings (SSSR count). The van der Waals surface area contributed by atoms with Gasteiger partial charge in [-0.1, -0.05) is 56.0 Å². The molecule has 0 radical (unpaired) electrons. The summed E-state index contributed by atoms with van der Waals surface area (Å²) in [5.41, 5.74) is 2.53. The van der Waals surface area contributed by atoms with Crippen molar-refractivity contribution in [1.29, 1.82) is 0 Å². The smallest absolute Gasteiger partial charge is 0.153 e. The molecule has 1 N–H and O–H groups in total. The van der Waals surface area contributed by atoms with Crippen molar-refractivity contribution in [2.45, 2.75) is 58.4 Å². The van der Waals surface area contributed by atoms with E-state index in [-0.39, 0.29) is 6.04 Å². The van der Waals surface area contributed by atoms with Crippen LogP contribution in [0.5, 0.6) is 0 Å². The molecular formula is C18H27NO. The van der Waals surface area contributed by atoms with E-state index in [1.165, 1.54) is 30.4 Å². The quantitative estimate of drug-likeness (QED) is 0.857. The molecule has 2 nitrogen and oxygen atoms in total. The van der Waals surface area contributed by atoms with Gasteiger partial charge < -0.3 is 5.32 Å². The standard InChI is InChI=1S/C18H27NO/c1-3-19-17(13-15-11-9-14(2)10-12-15)18(20)16-7-5-4-6-8-16/h9-12,16-17,19H,3-8,13H2,1-2H3/t17-/m0/s1. The van der Waals surface area contributed by atoms with Gasteiger partial charge in [-0.25, -0.2) is 0 Å². The van der Waals surface area contributed by atoms with Crippen molar-refractivity contribution in [1.82, 2.24) is 5.32 Å². The van der Waals surface area contributed by atoms with Crippen LogP contribution in [0.2, 0.25) is 0 Å². The summed E-state index contributed by atoms with van der Waals surface area (Å²) < 4.78 is 0. The van der Waals surface area contributed by atoms with E-state index in [0.29, 0.717) is 11.7 Å². The summed E-state index contributed by atoms with van der Waals surface area (Å²) in [5, 5.41) is 3.39. The predicted octanol–water partition coefficient (Wildman–Crippen LogP) is 3.67. The maximum Gasteiger partial charge on any atom is 0.153 e. The van der Waals surface area contributed by atoms with E-state index in [9.17, 15) is 4.79 Å². The molecule has 1 fully saturated rings. The lowest BCUT2D eigenvalue weighted by Crippen LogP contribution is -2.42. The molecule has 20 heavy (non-hydrogen) atoms. The van der Waals surface area contributed by atoms with Gasteiger partial charge in [-0.3, -0.25) is 4.79 Å². The Morgan fingerprint density at radius 1 is 1.20 bits per heavy atom. The highest BCUT2D eigenvalue weighted by Gasteiger charge is 2.27. The van der Waals surface area contributed by atoms with Crippen LogP contribution in [0, 0.1) is 12.8 Å². The van der Waals surface area contributed by atoms with Gasteiger partial charge in [-0.15, -0.1) is 0 Å². The first-order valence-electron chi connectivity index (χ1n) is 8.03. The minimum Gasteiger partial charge on any atom is -0.307 e. The van der Waals surface area contributed by atoms with Gasteiger partial charge in [0.2, 0.25) is 0 Å². The van der Waals surface area contributed by atoms with Crippen LogP contribution in [0.25, 0.3) is 0 Å². The summed E-state index contributed by atoms with van der Waals surface area (Å²) in [6.45, 7) is 5.03. The Labute approximate surface area is 123 Å². The van der Waals surface area contributed by atoms with Gasteiger partial charge in [0.1, 0.15) is 0 Å². The van der Waals surface area contributed by atoms with Crippen molar-refractivity contribution in [3.05, 3.63) is 35.4 Å². The Hall–Kier alpha value is -1.15. The number of hydrogen-bond donors (Lipinski definition) is 1. The normalized spacial score (nSPS) is 17.9. The fourth-order valence-electron chi connectivity index (χ4n) is 3.15. The lowest BCUT2D eigenvalue weighted by atomic mass is 9.82. The van der Waals surface area contributed by atoms with Gasteiger partial charge in [-0.05, 0) is 38.3 Å². The molecule has 110 valence electrons. The molecule has 1 aromatic carbocycles. The summed E-state index contributed by atoms with van der Waals surface area (Å²) in [5.74, 6) is 0.727. The highest BCUT2D eigenvalue weighted by atomic mass is 16.1. The van der Waals surface area contributed by atoms with Crippen LogP contribution >= 0.6 is 0 Å². The highest BCUT2D eigenvalue weighted by Crippen LogP contribution is 2.26. The Balaban J connectivity index is 2.01. The van der Waals surface area contributed by atoms with Crippen LogP contribution < -0.4 is 5.32 Å². The lowest BCUT2D eigenvalue weighted by molar-refractivity contribution is -0.125. The molecule has 1 aliphatic rings. The average molecular weight is 273 g/mol. The molecule has 0 aromatic heterocycles. The molecule has 0 bridgehead atoms. The minimum absolute atomic E-state index is 0.00851. The van der Waals surface area contributed by atoms with Crippen LogP contribution in [-0.4, -0.2) is 18.4 Å². The molecular weight excluding hydrogens is 246 g/mol. The van der Waals surface area contributed by atoms with Crippen molar-refractivity contribution >= 4 is 5.78 Å². The lowest BCUT2D eigenvalue weighted by Gasteiger charge is -2.26. The number of carbonyl (C=O) groups is 1. The minimum atomic E-state index is -0.00851. The number of rotatable bonds is 6. The third kappa shape index (κ3) is 4.17. The third-order valence-electron chi connectivity index (χ3n) is 4.36. The maximum atomic E-state index is 12.7. The van der Waals surface area contributed by atoms with Crippen molar-refractivity contribution < 1.29 is 4.79 Å². The Kier molecular flexibility index (Phi) is 5.78. The summed E-state index contributed by atoms with van der Waals surface area (Å²) in [7, 11) is 0. The van der Waals surface area contributed by atoms with Crippen LogP contribution in [-0.2, 0) is 11.2 Å². The van der Waals surface area contributed by atoms with Gasteiger partial charge >= 0.3 is 0 Å². The number of likely N-dealkylation sites (N-methyl/N-ethyl adjacent to an activating group) is 1. The molecule has 2 heteroatoms. The second-order valence-corrected chi connectivity index (χ2v) is 6.04. The van der Waals surface area contributed by atoms with Crippen molar-refractivity contribution in [2.24, 2.45) is 5.92 Å². The molecule has 0 saturated heterocycles. The highest BCUT2D eigenvalue weighted by molar-refractivity contribution is 5.86. The number of ketones is 1. The zero-order chi connectivity index (χ0) is 14.4. The largest absolute Gasteiger partial charge is 0.307 e. The number of Topliss-reactive ketones (excluding diaryl/α,β-unsaturated/α-hetero) is 1. The number of aryl methyl sites for hydroxylation is 1. The third-order valence-corrected chi connectivity index (χ3v) is 4.36. The molecule has 1 atom stereocenters. The summed E-state index contributed by atoms with van der Waals surface area (Å²) in [4.78, 5) is 12.7. The Bertz CT molecular complexity index is 418. The van der Waals surface area contributed by atoms with E-state index < -0.39 is 0 Å². The first kappa shape index (κ1) is 15.2. The monoisotopic (exact) mass is 273 g/mol. The van der Waals surface area contributed by atoms with Crippen LogP contribution in [0.4, 0.5) is 0 Å². The van der Waals surface area contributed by atoms with Crippen LogP contribution in [0.1, 0.15) is 50.2 Å². The number of benzene rings is 1. The fourth-order valence-corrected chi connectivity index (χ4v) is 3.15. The molecule has 0 unspecified atom stereocenters. The molecule has 1 aromatic rings. The first-order valence-corrected chi connectivity index (χ1v) is 8.03. The summed E-state index contributed by atoms with van der Waals surface area (Å²) in [6, 6.07) is 8.54. The van der Waals surface area contributed by atoms with E-state index >= 15 is 0 Å². The van der Waals surface area contributed by atoms with Crippen LogP contribution in [0.3, 0.4) is 0 Å². The van der Waals surface area contributed by atoms with Crippen molar-refractivity contribution in [3.63, 3.8) is 0 Å². The van der Waals surface area contributed by atoms with Gasteiger partial charge in [0.05, 0.1) is 6.04 Å². The van der Waals surface area contributed by atoms with Crippen LogP contribution in [0.15, 0.2) is 24.3 Å². The van der Waals surface area contributed by atoms with E-state index in [1.54, 1.807) is 0 Å². The first-order chi connectivity index (χ1) is 9.70. The topological polar surface area (TPSA) is 29.1 Å². The molecule has 1 saturated carbocycles. The molecule has 0 spiro atoms. The molecule has 0 amide bonds. The van der Waals surface area contributed by atoms with Crippen molar-refractivity contribution in [2.75, 3.05) is 6.54 Å². The maximum absolute atomic E-state index is 12.7. The van der Waals surface area contributed by atoms with Gasteiger partial charge in [0.25, 0.3) is 0 Å². The summed E-state index contributed by atoms with van der Waals surface area (Å²) >= 11 is 0. The number of nitrogens with one attached hydrogen (secondary N) is 1. The second-order valence-electron chi connectivity index (χ2n) is 6.04. The van der Waals surface area contributed by atoms with E-state index in [4.69, 9.17) is 0 Å². The molecule has 0 heterocycles.